The van der Waals surface area contributed by atoms with Crippen LogP contribution in [0.25, 0.3) is 0 Å². The Hall–Kier alpha value is -2.28. The molecular weight excluding hydrogens is 381 g/mol. The molecule has 0 unspecified atom stereocenters. The first-order valence-corrected chi connectivity index (χ1v) is 8.30. The zero-order valence-corrected chi connectivity index (χ0v) is 15.6. The predicted molar refractivity (Wildman–Crippen MR) is 98.5 cm³/mol. The second-order valence-corrected chi connectivity index (χ2v) is 6.59. The second-order valence-electron chi connectivity index (χ2n) is 5.83. The van der Waals surface area contributed by atoms with E-state index in [2.05, 4.69) is 0 Å². The smallest absolute Gasteiger partial charge is 0.341 e. The van der Waals surface area contributed by atoms with Crippen LogP contribution >= 0.6 is 23.2 Å². The van der Waals surface area contributed by atoms with E-state index < -0.39 is 12.6 Å². The highest BCUT2D eigenvalue weighted by Crippen LogP contribution is 2.36. The third-order valence-corrected chi connectivity index (χ3v) is 4.34. The molecule has 2 N–H and O–H groups in total. The Kier molecular flexibility index (Phi) is 6.47. The largest absolute Gasteiger partial charge is 0.508 e. The van der Waals surface area contributed by atoms with Crippen LogP contribution in [0, 0.1) is 0 Å². The molecule has 0 atom stereocenters. The molecule has 2 aromatic carbocycles. The van der Waals surface area contributed by atoms with Gasteiger partial charge in [-0.2, -0.15) is 0 Å². The number of phenolic OH excluding ortho intramolecular Hbond substituents is 1. The minimum absolute atomic E-state index is 0.0261. The van der Waals surface area contributed by atoms with E-state index in [-0.39, 0.29) is 32.9 Å². The zero-order chi connectivity index (χ0) is 19.4. The number of hydrogen-bond acceptors (Lipinski definition) is 5. The minimum atomic E-state index is -1.16. The number of carboxylic acids is 1. The molecule has 0 heterocycles. The molecule has 0 aliphatic rings. The highest BCUT2D eigenvalue weighted by molar-refractivity contribution is 6.45. The molecule has 0 aromatic heterocycles. The van der Waals surface area contributed by atoms with Gasteiger partial charge in [-0.1, -0.05) is 23.2 Å². The van der Waals surface area contributed by atoms with Crippen molar-refractivity contribution in [1.29, 1.82) is 0 Å². The topological polar surface area (TPSA) is 87.1 Å². The molecule has 0 aliphatic heterocycles. The van der Waals surface area contributed by atoms with Crippen molar-refractivity contribution in [3.05, 3.63) is 57.1 Å². The average molecular weight is 398 g/mol. The first-order valence-electron chi connectivity index (χ1n) is 7.54. The molecule has 0 saturated heterocycles. The fourth-order valence-electron chi connectivity index (χ4n) is 2.31. The SMILES string of the molecule is CN(C)Cc1cc(C(=O)c2ccc(OCC(=O)O)c(Cl)c2Cl)ccc1O. The van der Waals surface area contributed by atoms with E-state index in [9.17, 15) is 14.7 Å². The van der Waals surface area contributed by atoms with E-state index in [4.69, 9.17) is 33.0 Å². The number of carboxylic acid groups (broad SMARTS) is 1. The number of rotatable bonds is 7. The molecule has 0 bridgehead atoms. The van der Waals surface area contributed by atoms with E-state index in [0.29, 0.717) is 17.7 Å². The van der Waals surface area contributed by atoms with Crippen molar-refractivity contribution in [2.24, 2.45) is 0 Å². The molecule has 26 heavy (non-hydrogen) atoms. The summed E-state index contributed by atoms with van der Waals surface area (Å²) in [5.74, 6) is -1.36. The number of aromatic hydroxyl groups is 1. The maximum Gasteiger partial charge on any atom is 0.341 e. The Balaban J connectivity index is 2.35. The number of carbonyl (C=O) groups is 2. The quantitative estimate of drug-likeness (QED) is 0.695. The van der Waals surface area contributed by atoms with E-state index in [1.807, 2.05) is 19.0 Å². The molecule has 0 spiro atoms. The summed E-state index contributed by atoms with van der Waals surface area (Å²) in [6.45, 7) is -0.112. The normalized spacial score (nSPS) is 10.8. The Morgan fingerprint density at radius 1 is 1.12 bits per heavy atom. The van der Waals surface area contributed by atoms with Crippen LogP contribution in [-0.2, 0) is 11.3 Å². The van der Waals surface area contributed by atoms with Crippen LogP contribution in [-0.4, -0.2) is 47.6 Å². The molecule has 2 rings (SSSR count). The number of phenols is 1. The van der Waals surface area contributed by atoms with Gasteiger partial charge in [-0.15, -0.1) is 0 Å². The minimum Gasteiger partial charge on any atom is -0.508 e. The summed E-state index contributed by atoms with van der Waals surface area (Å²) in [7, 11) is 3.70. The van der Waals surface area contributed by atoms with Gasteiger partial charge < -0.3 is 19.8 Å². The standard InChI is InChI=1S/C18H17Cl2NO5/c1-21(2)8-11-7-10(3-5-13(11)22)18(25)12-4-6-14(17(20)16(12)19)26-9-15(23)24/h3-7,22H,8-9H2,1-2H3,(H,23,24). The van der Waals surface area contributed by atoms with E-state index in [1.54, 1.807) is 6.07 Å². The molecule has 0 radical (unpaired) electrons. The summed E-state index contributed by atoms with van der Waals surface area (Å²) in [5, 5.41) is 18.5. The molecule has 0 saturated carbocycles. The van der Waals surface area contributed by atoms with Gasteiger partial charge in [0.15, 0.2) is 12.4 Å². The van der Waals surface area contributed by atoms with Gasteiger partial charge in [0.25, 0.3) is 0 Å². The average Bonchev–Trinajstić information content (AvgIpc) is 2.57. The Morgan fingerprint density at radius 2 is 1.81 bits per heavy atom. The molecule has 0 amide bonds. The van der Waals surface area contributed by atoms with Gasteiger partial charge >= 0.3 is 5.97 Å². The number of nitrogens with zero attached hydrogens (tertiary/aromatic N) is 1. The van der Waals surface area contributed by atoms with E-state index in [0.717, 1.165) is 0 Å². The second kappa shape index (κ2) is 8.40. The lowest BCUT2D eigenvalue weighted by Gasteiger charge is -2.13. The third-order valence-electron chi connectivity index (χ3n) is 3.47. The molecule has 8 heteroatoms. The van der Waals surface area contributed by atoms with Crippen LogP contribution in [0.3, 0.4) is 0 Å². The van der Waals surface area contributed by atoms with Gasteiger partial charge in [-0.05, 0) is 44.4 Å². The van der Waals surface area contributed by atoms with Gasteiger partial charge in [0.1, 0.15) is 16.5 Å². The number of halogens is 2. The number of ether oxygens (including phenoxy) is 1. The van der Waals surface area contributed by atoms with Gasteiger partial charge in [0, 0.05) is 23.2 Å². The van der Waals surface area contributed by atoms with Crippen molar-refractivity contribution in [3.63, 3.8) is 0 Å². The first kappa shape index (κ1) is 20.0. The lowest BCUT2D eigenvalue weighted by molar-refractivity contribution is -0.139. The van der Waals surface area contributed by atoms with Crippen LogP contribution in [0.1, 0.15) is 21.5 Å². The van der Waals surface area contributed by atoms with Crippen molar-refractivity contribution in [3.8, 4) is 11.5 Å². The summed E-state index contributed by atoms with van der Waals surface area (Å²) < 4.78 is 5.03. The van der Waals surface area contributed by atoms with Crippen molar-refractivity contribution in [1.82, 2.24) is 4.90 Å². The number of hydrogen-bond donors (Lipinski definition) is 2. The van der Waals surface area contributed by atoms with Crippen molar-refractivity contribution in [2.45, 2.75) is 6.54 Å². The van der Waals surface area contributed by atoms with Gasteiger partial charge in [0.05, 0.1) is 5.02 Å². The fourth-order valence-corrected chi connectivity index (χ4v) is 2.77. The summed E-state index contributed by atoms with van der Waals surface area (Å²) in [5.41, 5.74) is 1.10. The molecule has 6 nitrogen and oxygen atoms in total. The maximum atomic E-state index is 12.8. The Morgan fingerprint density at radius 3 is 2.42 bits per heavy atom. The molecule has 138 valence electrons. The predicted octanol–water partition coefficient (Wildman–Crippen LogP) is 3.46. The summed E-state index contributed by atoms with van der Waals surface area (Å²) in [4.78, 5) is 25.2. The van der Waals surface area contributed by atoms with Crippen molar-refractivity contribution < 1.29 is 24.5 Å². The van der Waals surface area contributed by atoms with Crippen LogP contribution in [0.15, 0.2) is 30.3 Å². The zero-order valence-electron chi connectivity index (χ0n) is 14.1. The Bertz CT molecular complexity index is 852. The fraction of sp³-hybridized carbons (Fsp3) is 0.222. The van der Waals surface area contributed by atoms with Gasteiger partial charge in [-0.3, -0.25) is 4.79 Å². The summed E-state index contributed by atoms with van der Waals surface area (Å²) in [6.07, 6.45) is 0. The molecule has 0 aliphatic carbocycles. The highest BCUT2D eigenvalue weighted by Gasteiger charge is 2.19. The lowest BCUT2D eigenvalue weighted by atomic mass is 10.0. The van der Waals surface area contributed by atoms with E-state index >= 15 is 0 Å². The monoisotopic (exact) mass is 397 g/mol. The maximum absolute atomic E-state index is 12.8. The van der Waals surface area contributed by atoms with Crippen LogP contribution < -0.4 is 4.74 Å². The molecule has 0 fully saturated rings. The summed E-state index contributed by atoms with van der Waals surface area (Å²) >= 11 is 12.3. The Labute approximate surface area is 160 Å². The first-order chi connectivity index (χ1) is 12.2. The van der Waals surface area contributed by atoms with Crippen LogP contribution in [0.5, 0.6) is 11.5 Å². The van der Waals surface area contributed by atoms with Gasteiger partial charge in [0.2, 0.25) is 0 Å². The lowest BCUT2D eigenvalue weighted by Crippen LogP contribution is -2.12. The third kappa shape index (κ3) is 4.66. The van der Waals surface area contributed by atoms with Crippen molar-refractivity contribution >= 4 is 35.0 Å². The highest BCUT2D eigenvalue weighted by atomic mass is 35.5. The number of carbonyl (C=O) groups excluding carboxylic acids is 1. The molecule has 2 aromatic rings. The van der Waals surface area contributed by atoms with E-state index in [1.165, 1.54) is 24.3 Å². The number of benzene rings is 2. The molecular formula is C18H17Cl2NO5. The van der Waals surface area contributed by atoms with Crippen LogP contribution in [0.4, 0.5) is 0 Å². The summed E-state index contributed by atoms with van der Waals surface area (Å²) in [6, 6.07) is 7.36. The van der Waals surface area contributed by atoms with Crippen molar-refractivity contribution in [2.75, 3.05) is 20.7 Å². The number of ketones is 1. The number of aliphatic carboxylic acids is 1. The van der Waals surface area contributed by atoms with Gasteiger partial charge in [-0.25, -0.2) is 4.79 Å². The van der Waals surface area contributed by atoms with Crippen LogP contribution in [0.2, 0.25) is 10.0 Å².